The monoisotopic (exact) mass is 508 g/mol. The molecule has 9 nitrogen and oxygen atoms in total. The fourth-order valence-electron chi connectivity index (χ4n) is 3.76. The fourth-order valence-corrected chi connectivity index (χ4v) is 5.09. The molecule has 0 saturated carbocycles. The van der Waals surface area contributed by atoms with E-state index in [1.54, 1.807) is 32.1 Å². The molecule has 1 aliphatic rings. The van der Waals surface area contributed by atoms with E-state index in [0.717, 1.165) is 11.1 Å². The molecule has 0 unspecified atom stereocenters. The lowest BCUT2D eigenvalue weighted by molar-refractivity contribution is -0.277. The van der Waals surface area contributed by atoms with E-state index >= 15 is 0 Å². The molecule has 0 aliphatic carbocycles. The van der Waals surface area contributed by atoms with Crippen molar-refractivity contribution in [2.24, 2.45) is 0 Å². The van der Waals surface area contributed by atoms with Crippen LogP contribution in [0.5, 0.6) is 5.75 Å². The smallest absolute Gasteiger partial charge is 0.353 e. The van der Waals surface area contributed by atoms with E-state index < -0.39 is 44.9 Å². The topological polar surface area (TPSA) is 135 Å². The van der Waals surface area contributed by atoms with Gasteiger partial charge in [-0.05, 0) is 37.5 Å². The second-order valence-electron chi connectivity index (χ2n) is 7.98. The molecule has 0 bridgehead atoms. The van der Waals surface area contributed by atoms with Gasteiger partial charge in [0.25, 0.3) is 0 Å². The molecule has 0 radical (unpaired) electrons. The summed E-state index contributed by atoms with van der Waals surface area (Å²) in [5.74, 6) is 1.87. The summed E-state index contributed by atoms with van der Waals surface area (Å²) >= 11 is 0. The van der Waals surface area contributed by atoms with Crippen LogP contribution in [0.4, 0.5) is 0 Å². The van der Waals surface area contributed by atoms with E-state index in [-0.39, 0.29) is 13.2 Å². The van der Waals surface area contributed by atoms with Gasteiger partial charge in [0.15, 0.2) is 0 Å². The lowest BCUT2D eigenvalue weighted by Crippen LogP contribution is -2.60. The maximum Gasteiger partial charge on any atom is 0.353 e. The van der Waals surface area contributed by atoms with Crippen LogP contribution in [0.1, 0.15) is 19.4 Å². The highest BCUT2D eigenvalue weighted by Gasteiger charge is 2.44. The molecular formula is C25H33O9P. The summed E-state index contributed by atoms with van der Waals surface area (Å²) in [6.45, 7) is 3.53. The Bertz CT molecular complexity index is 1020. The van der Waals surface area contributed by atoms with Gasteiger partial charge in [0, 0.05) is 11.4 Å². The molecule has 35 heavy (non-hydrogen) atoms. The number of ether oxygens (including phenoxy) is 2. The van der Waals surface area contributed by atoms with Crippen molar-refractivity contribution in [2.75, 3.05) is 19.8 Å². The van der Waals surface area contributed by atoms with Crippen LogP contribution in [0.15, 0.2) is 60.4 Å². The minimum absolute atomic E-state index is 0.280. The first kappa shape index (κ1) is 27.5. The van der Waals surface area contributed by atoms with E-state index in [2.05, 4.69) is 0 Å². The first-order valence-electron chi connectivity index (χ1n) is 11.5. The lowest BCUT2D eigenvalue weighted by Gasteiger charge is -2.39. The molecule has 192 valence electrons. The SMILES string of the molecule is CCOP(=O)(C=CCc1cccc(-c2ccccc2O[C@@H]2O[C@H](CO)[C@@H](O)[C@H](O)[C@@H]2O)c1)OCC. The highest BCUT2D eigenvalue weighted by atomic mass is 31.2. The van der Waals surface area contributed by atoms with Crippen molar-refractivity contribution in [1.29, 1.82) is 0 Å². The number of hydrogen-bond donors (Lipinski definition) is 4. The normalized spacial score (nSPS) is 25.1. The average Bonchev–Trinajstić information content (AvgIpc) is 2.85. The number of rotatable bonds is 11. The van der Waals surface area contributed by atoms with Gasteiger partial charge in [-0.2, -0.15) is 0 Å². The van der Waals surface area contributed by atoms with Crippen molar-refractivity contribution in [1.82, 2.24) is 0 Å². The molecular weight excluding hydrogens is 475 g/mol. The van der Waals surface area contributed by atoms with E-state index in [1.165, 1.54) is 5.82 Å². The lowest BCUT2D eigenvalue weighted by atomic mass is 9.99. The molecule has 0 aromatic heterocycles. The van der Waals surface area contributed by atoms with Gasteiger partial charge in [-0.3, -0.25) is 4.57 Å². The standard InChI is InChI=1S/C25H33O9P/c1-3-31-35(30,32-4-2)14-8-10-17-9-7-11-18(15-17)19-12-5-6-13-20(19)33-25-24(29)23(28)22(27)21(16-26)34-25/h5-9,11-15,21-29H,3-4,10,16H2,1-2H3/t21-,22-,23+,24+,25-/m1/s1. The Morgan fingerprint density at radius 1 is 0.971 bits per heavy atom. The Morgan fingerprint density at radius 3 is 2.37 bits per heavy atom. The minimum Gasteiger partial charge on any atom is -0.461 e. The highest BCUT2D eigenvalue weighted by molar-refractivity contribution is 7.57. The first-order valence-corrected chi connectivity index (χ1v) is 13.1. The molecule has 0 spiro atoms. The summed E-state index contributed by atoms with van der Waals surface area (Å²) in [6, 6.07) is 14.8. The van der Waals surface area contributed by atoms with Gasteiger partial charge in [-0.25, -0.2) is 0 Å². The minimum atomic E-state index is -3.27. The van der Waals surface area contributed by atoms with Crippen molar-refractivity contribution in [3.8, 4) is 16.9 Å². The van der Waals surface area contributed by atoms with Gasteiger partial charge in [0.1, 0.15) is 30.2 Å². The van der Waals surface area contributed by atoms with Crippen molar-refractivity contribution < 1.29 is 43.5 Å². The maximum absolute atomic E-state index is 12.6. The van der Waals surface area contributed by atoms with Gasteiger partial charge in [-0.1, -0.05) is 48.5 Å². The van der Waals surface area contributed by atoms with Gasteiger partial charge in [0.05, 0.1) is 19.8 Å². The van der Waals surface area contributed by atoms with Crippen molar-refractivity contribution in [2.45, 2.75) is 51.0 Å². The second-order valence-corrected chi connectivity index (χ2v) is 9.87. The Kier molecular flexibility index (Phi) is 10.0. The number of para-hydroxylation sites is 1. The first-order chi connectivity index (χ1) is 16.8. The average molecular weight is 509 g/mol. The molecule has 1 fully saturated rings. The molecule has 4 N–H and O–H groups in total. The Morgan fingerprint density at radius 2 is 1.69 bits per heavy atom. The van der Waals surface area contributed by atoms with Crippen molar-refractivity contribution in [3.05, 3.63) is 66.0 Å². The van der Waals surface area contributed by atoms with Gasteiger partial charge in [0.2, 0.25) is 6.29 Å². The Balaban J connectivity index is 1.79. The third kappa shape index (κ3) is 7.00. The van der Waals surface area contributed by atoms with Crippen LogP contribution in [0.25, 0.3) is 11.1 Å². The van der Waals surface area contributed by atoms with Crippen LogP contribution < -0.4 is 4.74 Å². The predicted molar refractivity (Wildman–Crippen MR) is 130 cm³/mol. The van der Waals surface area contributed by atoms with Crippen LogP contribution in [0.3, 0.4) is 0 Å². The molecule has 1 aliphatic heterocycles. The Labute approximate surface area is 205 Å². The molecule has 3 rings (SSSR count). The summed E-state index contributed by atoms with van der Waals surface area (Å²) in [7, 11) is -3.27. The fraction of sp³-hybridized carbons (Fsp3) is 0.440. The largest absolute Gasteiger partial charge is 0.461 e. The molecule has 1 heterocycles. The zero-order valence-corrected chi connectivity index (χ0v) is 20.7. The zero-order valence-electron chi connectivity index (χ0n) is 19.8. The van der Waals surface area contributed by atoms with E-state index in [1.807, 2.05) is 36.4 Å². The summed E-state index contributed by atoms with van der Waals surface area (Å²) in [5, 5.41) is 39.8. The van der Waals surface area contributed by atoms with Crippen LogP contribution in [-0.2, 0) is 24.8 Å². The third-order valence-corrected chi connectivity index (χ3v) is 7.29. The maximum atomic E-state index is 12.6. The van der Waals surface area contributed by atoms with Crippen LogP contribution >= 0.6 is 7.60 Å². The number of aliphatic hydroxyl groups is 4. The molecule has 2 aromatic carbocycles. The van der Waals surface area contributed by atoms with E-state index in [9.17, 15) is 25.0 Å². The molecule has 1 saturated heterocycles. The third-order valence-electron chi connectivity index (χ3n) is 5.48. The van der Waals surface area contributed by atoms with Gasteiger partial charge in [-0.15, -0.1) is 0 Å². The van der Waals surface area contributed by atoms with E-state index in [0.29, 0.717) is 17.7 Å². The number of allylic oxidation sites excluding steroid dienone is 1. The van der Waals surface area contributed by atoms with Crippen LogP contribution in [-0.4, -0.2) is 71.0 Å². The number of aliphatic hydroxyl groups excluding tert-OH is 4. The summed E-state index contributed by atoms with van der Waals surface area (Å²) < 4.78 is 34.5. The number of hydrogen-bond acceptors (Lipinski definition) is 9. The van der Waals surface area contributed by atoms with Crippen molar-refractivity contribution in [3.63, 3.8) is 0 Å². The van der Waals surface area contributed by atoms with Gasteiger partial charge < -0.3 is 38.9 Å². The zero-order chi connectivity index (χ0) is 25.4. The summed E-state index contributed by atoms with van der Waals surface area (Å²) in [5.41, 5.74) is 2.49. The quantitative estimate of drug-likeness (QED) is 0.338. The second kappa shape index (κ2) is 12.8. The predicted octanol–water partition coefficient (Wildman–Crippen LogP) is 2.85. The number of benzene rings is 2. The van der Waals surface area contributed by atoms with Gasteiger partial charge >= 0.3 is 7.60 Å². The van der Waals surface area contributed by atoms with Crippen molar-refractivity contribution >= 4 is 7.60 Å². The van der Waals surface area contributed by atoms with Crippen LogP contribution in [0.2, 0.25) is 0 Å². The molecule has 5 atom stereocenters. The molecule has 2 aromatic rings. The summed E-state index contributed by atoms with van der Waals surface area (Å²) in [4.78, 5) is 0. The molecule has 0 amide bonds. The van der Waals surface area contributed by atoms with E-state index in [4.69, 9.17) is 18.5 Å². The summed E-state index contributed by atoms with van der Waals surface area (Å²) in [6.07, 6.45) is -4.61. The Hall–Kier alpha value is -2.07. The molecule has 10 heteroatoms. The van der Waals surface area contributed by atoms with Crippen LogP contribution in [0, 0.1) is 0 Å². The highest BCUT2D eigenvalue weighted by Crippen LogP contribution is 2.49.